The van der Waals surface area contributed by atoms with Crippen LogP contribution in [0.1, 0.15) is 31.7 Å². The van der Waals surface area contributed by atoms with E-state index in [0.29, 0.717) is 19.5 Å². The Morgan fingerprint density at radius 3 is 2.42 bits per heavy atom. The fourth-order valence-corrected chi connectivity index (χ4v) is 4.51. The fourth-order valence-electron chi connectivity index (χ4n) is 4.51. The zero-order chi connectivity index (χ0) is 23.4. The van der Waals surface area contributed by atoms with Crippen LogP contribution in [0.2, 0.25) is 0 Å². The first kappa shape index (κ1) is 23.0. The average molecular weight is 451 g/mol. The molecule has 2 aliphatic rings. The Morgan fingerprint density at radius 2 is 1.79 bits per heavy atom. The first-order valence-electron chi connectivity index (χ1n) is 11.7. The smallest absolute Gasteiger partial charge is 0.225 e. The number of benzene rings is 2. The molecule has 0 aliphatic carbocycles. The van der Waals surface area contributed by atoms with E-state index in [1.54, 1.807) is 19.1 Å². The van der Waals surface area contributed by atoms with E-state index >= 15 is 0 Å². The van der Waals surface area contributed by atoms with Crippen molar-refractivity contribution in [1.82, 2.24) is 10.2 Å². The monoisotopic (exact) mass is 450 g/mol. The number of ether oxygens (including phenoxy) is 1. The molecule has 2 saturated heterocycles. The lowest BCUT2D eigenvalue weighted by atomic mass is 9.98. The number of hydrogen-bond donors (Lipinski definition) is 2. The minimum atomic E-state index is -0.255. The lowest BCUT2D eigenvalue weighted by Crippen LogP contribution is -2.32. The van der Waals surface area contributed by atoms with E-state index in [1.165, 1.54) is 12.8 Å². The van der Waals surface area contributed by atoms with Gasteiger partial charge in [-0.25, -0.2) is 0 Å². The van der Waals surface area contributed by atoms with E-state index in [1.807, 2.05) is 30.3 Å². The fraction of sp³-hybridized carbons (Fsp3) is 0.462. The van der Waals surface area contributed by atoms with E-state index in [4.69, 9.17) is 4.74 Å². The minimum Gasteiger partial charge on any atom is -0.495 e. The van der Waals surface area contributed by atoms with Crippen LogP contribution in [0.15, 0.2) is 42.5 Å². The first-order valence-corrected chi connectivity index (χ1v) is 11.7. The maximum absolute atomic E-state index is 12.3. The lowest BCUT2D eigenvalue weighted by molar-refractivity contribution is -0.128. The number of nitrogens with one attached hydrogen (secondary N) is 2. The molecule has 2 aromatic carbocycles. The summed E-state index contributed by atoms with van der Waals surface area (Å²) in [5.41, 5.74) is 4.10. The van der Waals surface area contributed by atoms with Gasteiger partial charge in [0.15, 0.2) is 0 Å². The van der Waals surface area contributed by atoms with Gasteiger partial charge < -0.3 is 25.2 Å². The molecule has 2 aliphatic heterocycles. The van der Waals surface area contributed by atoms with Crippen molar-refractivity contribution in [1.29, 1.82) is 0 Å². The SMILES string of the molecule is COc1cc(Nc2ccc(CNC(=O)C3CC(=O)N(C)C3)cc2)ccc1N1CCC(C)CC1. The summed E-state index contributed by atoms with van der Waals surface area (Å²) in [6, 6.07) is 14.3. The van der Waals surface area contributed by atoms with Gasteiger partial charge in [0.2, 0.25) is 11.8 Å². The number of piperidine rings is 1. The standard InChI is InChI=1S/C26H34N4O3/c1-18-10-12-30(13-11-18)23-9-8-22(15-24(23)33-3)28-21-6-4-19(5-7-21)16-27-26(32)20-14-25(31)29(2)17-20/h4-9,15,18,20,28H,10-14,16-17H2,1-3H3,(H,27,32). The Morgan fingerprint density at radius 1 is 1.09 bits per heavy atom. The Balaban J connectivity index is 1.33. The van der Waals surface area contributed by atoms with Crippen LogP contribution in [-0.4, -0.2) is 50.5 Å². The number of hydrogen-bond acceptors (Lipinski definition) is 5. The Kier molecular flexibility index (Phi) is 7.06. The van der Waals surface area contributed by atoms with Gasteiger partial charge in [-0.05, 0) is 48.6 Å². The molecule has 0 radical (unpaired) electrons. The van der Waals surface area contributed by atoms with Crippen molar-refractivity contribution in [3.8, 4) is 5.75 Å². The van der Waals surface area contributed by atoms with Crippen LogP contribution in [0.4, 0.5) is 17.1 Å². The molecule has 7 nitrogen and oxygen atoms in total. The van der Waals surface area contributed by atoms with Crippen LogP contribution in [0.25, 0.3) is 0 Å². The van der Waals surface area contributed by atoms with Gasteiger partial charge in [0.05, 0.1) is 18.7 Å². The molecule has 4 rings (SSSR count). The predicted octanol–water partition coefficient (Wildman–Crippen LogP) is 3.77. The molecule has 1 atom stereocenters. The molecule has 2 heterocycles. The number of likely N-dealkylation sites (tertiary alicyclic amines) is 1. The van der Waals surface area contributed by atoms with Crippen LogP contribution in [-0.2, 0) is 16.1 Å². The van der Waals surface area contributed by atoms with Crippen LogP contribution in [0, 0.1) is 11.8 Å². The third-order valence-electron chi connectivity index (χ3n) is 6.73. The predicted molar refractivity (Wildman–Crippen MR) is 131 cm³/mol. The molecule has 2 aromatic rings. The first-order chi connectivity index (χ1) is 15.9. The van der Waals surface area contributed by atoms with Gasteiger partial charge in [0.1, 0.15) is 5.75 Å². The Bertz CT molecular complexity index is 984. The molecule has 33 heavy (non-hydrogen) atoms. The largest absolute Gasteiger partial charge is 0.495 e. The zero-order valence-electron chi connectivity index (χ0n) is 19.8. The van der Waals surface area contributed by atoms with E-state index in [0.717, 1.165) is 47.4 Å². The molecule has 0 saturated carbocycles. The van der Waals surface area contributed by atoms with Crippen molar-refractivity contribution in [2.45, 2.75) is 32.7 Å². The van der Waals surface area contributed by atoms with Crippen LogP contribution >= 0.6 is 0 Å². The minimum absolute atomic E-state index is 0.0285. The summed E-state index contributed by atoms with van der Waals surface area (Å²) in [7, 11) is 3.45. The summed E-state index contributed by atoms with van der Waals surface area (Å²) < 4.78 is 5.69. The highest BCUT2D eigenvalue weighted by molar-refractivity contribution is 5.89. The van der Waals surface area contributed by atoms with E-state index < -0.39 is 0 Å². The molecular formula is C26H34N4O3. The third-order valence-corrected chi connectivity index (χ3v) is 6.73. The summed E-state index contributed by atoms with van der Waals surface area (Å²) in [6.07, 6.45) is 2.72. The normalized spacial score (nSPS) is 19.0. The van der Waals surface area contributed by atoms with Crippen molar-refractivity contribution in [2.24, 2.45) is 11.8 Å². The van der Waals surface area contributed by atoms with Gasteiger partial charge in [-0.2, -0.15) is 0 Å². The van der Waals surface area contributed by atoms with Gasteiger partial charge in [-0.3, -0.25) is 9.59 Å². The van der Waals surface area contributed by atoms with Crippen LogP contribution in [0.5, 0.6) is 5.75 Å². The molecule has 2 fully saturated rings. The molecule has 7 heteroatoms. The van der Waals surface area contributed by atoms with E-state index in [-0.39, 0.29) is 17.7 Å². The maximum Gasteiger partial charge on any atom is 0.225 e. The lowest BCUT2D eigenvalue weighted by Gasteiger charge is -2.33. The highest BCUT2D eigenvalue weighted by Gasteiger charge is 2.31. The van der Waals surface area contributed by atoms with E-state index in [2.05, 4.69) is 34.6 Å². The molecule has 2 N–H and O–H groups in total. The quantitative estimate of drug-likeness (QED) is 0.672. The number of amides is 2. The highest BCUT2D eigenvalue weighted by atomic mass is 16.5. The van der Waals surface area contributed by atoms with Crippen molar-refractivity contribution in [3.63, 3.8) is 0 Å². The molecular weight excluding hydrogens is 416 g/mol. The topological polar surface area (TPSA) is 73.9 Å². The zero-order valence-corrected chi connectivity index (χ0v) is 19.8. The third kappa shape index (κ3) is 5.59. The van der Waals surface area contributed by atoms with E-state index in [9.17, 15) is 9.59 Å². The van der Waals surface area contributed by atoms with Crippen molar-refractivity contribution >= 4 is 28.9 Å². The number of carbonyl (C=O) groups is 2. The summed E-state index contributed by atoms with van der Waals surface area (Å²) in [5.74, 6) is 1.38. The number of rotatable bonds is 7. The summed E-state index contributed by atoms with van der Waals surface area (Å²) in [4.78, 5) is 28.0. The second kappa shape index (κ2) is 10.1. The van der Waals surface area contributed by atoms with Crippen LogP contribution in [0.3, 0.4) is 0 Å². The van der Waals surface area contributed by atoms with Crippen molar-refractivity contribution in [2.75, 3.05) is 44.0 Å². The maximum atomic E-state index is 12.3. The Hall–Kier alpha value is -3.22. The second-order valence-electron chi connectivity index (χ2n) is 9.27. The number of anilines is 3. The molecule has 0 spiro atoms. The van der Waals surface area contributed by atoms with Crippen LogP contribution < -0.4 is 20.3 Å². The van der Waals surface area contributed by atoms with Gasteiger partial charge in [0.25, 0.3) is 0 Å². The second-order valence-corrected chi connectivity index (χ2v) is 9.27. The molecule has 2 amide bonds. The number of methoxy groups -OCH3 is 1. The Labute approximate surface area is 196 Å². The van der Waals surface area contributed by atoms with Crippen molar-refractivity contribution < 1.29 is 14.3 Å². The molecule has 0 bridgehead atoms. The van der Waals surface area contributed by atoms with Gasteiger partial charge >= 0.3 is 0 Å². The van der Waals surface area contributed by atoms with Gasteiger partial charge in [-0.15, -0.1) is 0 Å². The molecule has 0 aromatic heterocycles. The number of nitrogens with zero attached hydrogens (tertiary/aromatic N) is 2. The summed E-state index contributed by atoms with van der Waals surface area (Å²) in [6.45, 7) is 5.39. The average Bonchev–Trinajstić information content (AvgIpc) is 3.17. The number of carbonyl (C=O) groups excluding carboxylic acids is 2. The molecule has 176 valence electrons. The van der Waals surface area contributed by atoms with Gasteiger partial charge in [0, 0.05) is 57.1 Å². The highest BCUT2D eigenvalue weighted by Crippen LogP contribution is 2.34. The molecule has 1 unspecified atom stereocenters. The summed E-state index contributed by atoms with van der Waals surface area (Å²) in [5, 5.41) is 6.38. The summed E-state index contributed by atoms with van der Waals surface area (Å²) >= 11 is 0. The van der Waals surface area contributed by atoms with Gasteiger partial charge in [-0.1, -0.05) is 19.1 Å². The van der Waals surface area contributed by atoms with Crippen molar-refractivity contribution in [3.05, 3.63) is 48.0 Å².